The first kappa shape index (κ1) is 16.3. The molecule has 6 nitrogen and oxygen atoms in total. The van der Waals surface area contributed by atoms with Gasteiger partial charge in [0, 0.05) is 7.05 Å². The molecule has 3 rings (SSSR count). The summed E-state index contributed by atoms with van der Waals surface area (Å²) in [7, 11) is -2.32. The average Bonchev–Trinajstić information content (AvgIpc) is 2.61. The van der Waals surface area contributed by atoms with Gasteiger partial charge in [-0.1, -0.05) is 24.3 Å². The molecule has 0 saturated heterocycles. The molecule has 1 aliphatic heterocycles. The van der Waals surface area contributed by atoms with Crippen molar-refractivity contribution in [2.75, 3.05) is 20.2 Å². The molecule has 0 bridgehead atoms. The standard InChI is InChI=1S/C17H16N2O4S/c1-19(24(20,21)17-9-5-2-6-13(17)10-18)11-14-12-22-15-7-3-4-8-16(15)23-14/h2-9,14H,11-12H2,1H3. The minimum absolute atomic E-state index is 0.00729. The fourth-order valence-corrected chi connectivity index (χ4v) is 3.83. The van der Waals surface area contributed by atoms with Crippen molar-refractivity contribution in [3.63, 3.8) is 0 Å². The molecular formula is C17H16N2O4S. The first-order valence-electron chi connectivity index (χ1n) is 7.36. The van der Waals surface area contributed by atoms with Crippen LogP contribution in [-0.4, -0.2) is 39.0 Å². The van der Waals surface area contributed by atoms with Crippen LogP contribution in [0.15, 0.2) is 53.4 Å². The molecule has 0 saturated carbocycles. The number of hydrogen-bond acceptors (Lipinski definition) is 5. The quantitative estimate of drug-likeness (QED) is 0.848. The second kappa shape index (κ2) is 6.51. The zero-order chi connectivity index (χ0) is 17.2. The Hall–Kier alpha value is -2.56. The zero-order valence-corrected chi connectivity index (χ0v) is 13.9. The number of fused-ring (bicyclic) bond motifs is 1. The van der Waals surface area contributed by atoms with Crippen LogP contribution < -0.4 is 9.47 Å². The summed E-state index contributed by atoms with van der Waals surface area (Å²) in [6.45, 7) is 0.382. The third-order valence-electron chi connectivity index (χ3n) is 3.72. The van der Waals surface area contributed by atoms with Crippen LogP contribution in [-0.2, 0) is 10.0 Å². The summed E-state index contributed by atoms with van der Waals surface area (Å²) in [5, 5.41) is 9.12. The van der Waals surface area contributed by atoms with E-state index >= 15 is 0 Å². The minimum atomic E-state index is -3.78. The van der Waals surface area contributed by atoms with E-state index in [9.17, 15) is 8.42 Å². The molecule has 0 fully saturated rings. The minimum Gasteiger partial charge on any atom is -0.486 e. The molecule has 2 aromatic carbocycles. The third-order valence-corrected chi connectivity index (χ3v) is 5.61. The summed E-state index contributed by atoms with van der Waals surface area (Å²) >= 11 is 0. The Morgan fingerprint density at radius 2 is 1.83 bits per heavy atom. The average molecular weight is 344 g/mol. The van der Waals surface area contributed by atoms with Gasteiger partial charge >= 0.3 is 0 Å². The summed E-state index contributed by atoms with van der Waals surface area (Å²) in [6, 6.07) is 15.3. The van der Waals surface area contributed by atoms with E-state index in [1.54, 1.807) is 24.3 Å². The van der Waals surface area contributed by atoms with E-state index in [2.05, 4.69) is 0 Å². The summed E-state index contributed by atoms with van der Waals surface area (Å²) in [6.07, 6.45) is -0.422. The second-order valence-electron chi connectivity index (χ2n) is 5.39. The van der Waals surface area contributed by atoms with E-state index < -0.39 is 16.1 Å². The molecule has 1 atom stereocenters. The van der Waals surface area contributed by atoms with E-state index in [0.717, 1.165) is 0 Å². The van der Waals surface area contributed by atoms with E-state index in [1.165, 1.54) is 23.5 Å². The first-order chi connectivity index (χ1) is 11.5. The molecule has 0 radical (unpaired) electrons. The maximum absolute atomic E-state index is 12.7. The molecule has 1 aliphatic rings. The first-order valence-corrected chi connectivity index (χ1v) is 8.80. The molecule has 1 heterocycles. The molecule has 24 heavy (non-hydrogen) atoms. The summed E-state index contributed by atoms with van der Waals surface area (Å²) < 4.78 is 38.0. The predicted molar refractivity (Wildman–Crippen MR) is 87.3 cm³/mol. The third kappa shape index (κ3) is 3.07. The fourth-order valence-electron chi connectivity index (χ4n) is 2.49. The number of nitrogens with zero attached hydrogens (tertiary/aromatic N) is 2. The van der Waals surface area contributed by atoms with Crippen LogP contribution in [0.2, 0.25) is 0 Å². The van der Waals surface area contributed by atoms with E-state index in [0.29, 0.717) is 11.5 Å². The van der Waals surface area contributed by atoms with Crippen molar-refractivity contribution in [3.8, 4) is 17.6 Å². The van der Waals surface area contributed by atoms with Crippen molar-refractivity contribution in [1.29, 1.82) is 5.26 Å². The maximum Gasteiger partial charge on any atom is 0.244 e. The Labute approximate surface area is 140 Å². The smallest absolute Gasteiger partial charge is 0.244 e. The van der Waals surface area contributed by atoms with Crippen LogP contribution in [0.5, 0.6) is 11.5 Å². The Balaban J connectivity index is 1.78. The number of hydrogen-bond donors (Lipinski definition) is 0. The van der Waals surface area contributed by atoms with Crippen molar-refractivity contribution in [1.82, 2.24) is 4.31 Å². The summed E-state index contributed by atoms with van der Waals surface area (Å²) in [5.74, 6) is 1.24. The van der Waals surface area contributed by atoms with Gasteiger partial charge in [0.25, 0.3) is 0 Å². The molecule has 0 aliphatic carbocycles. The summed E-state index contributed by atoms with van der Waals surface area (Å²) in [5.41, 5.74) is 0.121. The van der Waals surface area contributed by atoms with Crippen LogP contribution in [0.1, 0.15) is 5.56 Å². The second-order valence-corrected chi connectivity index (χ2v) is 7.40. The van der Waals surface area contributed by atoms with E-state index in [4.69, 9.17) is 14.7 Å². The highest BCUT2D eigenvalue weighted by Crippen LogP contribution is 2.31. The van der Waals surface area contributed by atoms with Gasteiger partial charge in [0.2, 0.25) is 10.0 Å². The SMILES string of the molecule is CN(CC1COc2ccccc2O1)S(=O)(=O)c1ccccc1C#N. The largest absolute Gasteiger partial charge is 0.486 e. The molecule has 2 aromatic rings. The van der Waals surface area contributed by atoms with Gasteiger partial charge in [-0.05, 0) is 24.3 Å². The molecular weight excluding hydrogens is 328 g/mol. The Kier molecular flexibility index (Phi) is 4.42. The maximum atomic E-state index is 12.7. The van der Waals surface area contributed by atoms with Gasteiger partial charge in [-0.3, -0.25) is 0 Å². The lowest BCUT2D eigenvalue weighted by Gasteiger charge is -2.29. The Bertz CT molecular complexity index is 889. The normalized spacial score (nSPS) is 16.6. The highest BCUT2D eigenvalue weighted by molar-refractivity contribution is 7.89. The molecule has 1 unspecified atom stereocenters. The van der Waals surface area contributed by atoms with Crippen LogP contribution in [0.4, 0.5) is 0 Å². The number of likely N-dealkylation sites (N-methyl/N-ethyl adjacent to an activating group) is 1. The van der Waals surface area contributed by atoms with Gasteiger partial charge in [-0.25, -0.2) is 8.42 Å². The molecule has 124 valence electrons. The zero-order valence-electron chi connectivity index (χ0n) is 13.0. The number of benzene rings is 2. The molecule has 0 amide bonds. The highest BCUT2D eigenvalue weighted by atomic mass is 32.2. The summed E-state index contributed by atoms with van der Waals surface area (Å²) in [4.78, 5) is -0.00729. The van der Waals surface area contributed by atoms with Gasteiger partial charge in [0.05, 0.1) is 17.0 Å². The number of ether oxygens (including phenoxy) is 2. The van der Waals surface area contributed by atoms with Crippen molar-refractivity contribution in [2.45, 2.75) is 11.0 Å². The highest BCUT2D eigenvalue weighted by Gasteiger charge is 2.29. The lowest BCUT2D eigenvalue weighted by molar-refractivity contribution is 0.0798. The van der Waals surface area contributed by atoms with Crippen molar-refractivity contribution in [2.24, 2.45) is 0 Å². The van der Waals surface area contributed by atoms with Crippen LogP contribution in [0, 0.1) is 11.3 Å². The predicted octanol–water partition coefficient (Wildman–Crippen LogP) is 2.02. The Morgan fingerprint density at radius 3 is 2.58 bits per heavy atom. The van der Waals surface area contributed by atoms with Gasteiger partial charge in [-0.15, -0.1) is 0 Å². The molecule has 7 heteroatoms. The number of sulfonamides is 1. The van der Waals surface area contributed by atoms with Crippen molar-refractivity contribution >= 4 is 10.0 Å². The van der Waals surface area contributed by atoms with Gasteiger partial charge in [0.15, 0.2) is 11.5 Å². The van der Waals surface area contributed by atoms with Crippen LogP contribution >= 0.6 is 0 Å². The fraction of sp³-hybridized carbons (Fsp3) is 0.235. The molecule has 0 spiro atoms. The van der Waals surface area contributed by atoms with Crippen LogP contribution in [0.25, 0.3) is 0 Å². The van der Waals surface area contributed by atoms with E-state index in [1.807, 2.05) is 18.2 Å². The topological polar surface area (TPSA) is 79.6 Å². The number of para-hydroxylation sites is 2. The van der Waals surface area contributed by atoms with Crippen molar-refractivity contribution in [3.05, 3.63) is 54.1 Å². The molecule has 0 N–H and O–H groups in total. The van der Waals surface area contributed by atoms with Gasteiger partial charge < -0.3 is 9.47 Å². The lowest BCUT2D eigenvalue weighted by Crippen LogP contribution is -2.41. The van der Waals surface area contributed by atoms with Gasteiger partial charge in [-0.2, -0.15) is 9.57 Å². The molecule has 0 aromatic heterocycles. The lowest BCUT2D eigenvalue weighted by atomic mass is 10.2. The van der Waals surface area contributed by atoms with Gasteiger partial charge in [0.1, 0.15) is 18.8 Å². The van der Waals surface area contributed by atoms with Crippen molar-refractivity contribution < 1.29 is 17.9 Å². The number of nitriles is 1. The monoisotopic (exact) mass is 344 g/mol. The van der Waals surface area contributed by atoms with Crippen LogP contribution in [0.3, 0.4) is 0 Å². The van der Waals surface area contributed by atoms with E-state index in [-0.39, 0.29) is 23.6 Å². The Morgan fingerprint density at radius 1 is 1.17 bits per heavy atom. The number of rotatable bonds is 4.